The molecule has 0 saturated carbocycles. The van der Waals surface area contributed by atoms with Gasteiger partial charge in [0.2, 0.25) is 11.8 Å². The summed E-state index contributed by atoms with van der Waals surface area (Å²) >= 11 is 0. The van der Waals surface area contributed by atoms with Crippen molar-refractivity contribution in [3.63, 3.8) is 0 Å². The van der Waals surface area contributed by atoms with Gasteiger partial charge in [-0.25, -0.2) is 0 Å². The van der Waals surface area contributed by atoms with E-state index in [-0.39, 0.29) is 17.7 Å². The van der Waals surface area contributed by atoms with Crippen molar-refractivity contribution in [1.29, 1.82) is 0 Å². The summed E-state index contributed by atoms with van der Waals surface area (Å²) in [5.74, 6) is -1.36. The van der Waals surface area contributed by atoms with E-state index in [1.54, 1.807) is 4.90 Å². The fraction of sp³-hybridized carbons (Fsp3) is 0.130. The van der Waals surface area contributed by atoms with E-state index in [1.807, 2.05) is 91.0 Å². The number of anilines is 2. The maximum atomic E-state index is 13.6. The molecule has 1 saturated heterocycles. The van der Waals surface area contributed by atoms with Gasteiger partial charge in [0.15, 0.2) is 0 Å². The van der Waals surface area contributed by atoms with Gasteiger partial charge in [-0.15, -0.1) is 0 Å². The van der Waals surface area contributed by atoms with Crippen LogP contribution in [0.1, 0.15) is 11.5 Å². The lowest BCUT2D eigenvalue weighted by Gasteiger charge is -2.27. The van der Waals surface area contributed by atoms with Crippen LogP contribution in [0.15, 0.2) is 91.0 Å². The number of hydrogen-bond donors (Lipinski definition) is 1. The van der Waals surface area contributed by atoms with Gasteiger partial charge >= 0.3 is 0 Å². The first-order chi connectivity index (χ1) is 13.3. The molecule has 1 aliphatic rings. The Hall–Kier alpha value is -3.40. The zero-order chi connectivity index (χ0) is 18.6. The number of carbonyl (C=O) groups is 2. The minimum Gasteiger partial charge on any atom is -0.355 e. The van der Waals surface area contributed by atoms with Gasteiger partial charge in [0, 0.05) is 23.8 Å². The first-order valence-corrected chi connectivity index (χ1v) is 9.02. The van der Waals surface area contributed by atoms with Crippen LogP contribution in [0.3, 0.4) is 0 Å². The van der Waals surface area contributed by atoms with Crippen molar-refractivity contribution in [3.05, 3.63) is 96.6 Å². The predicted octanol–water partition coefficient (Wildman–Crippen LogP) is 3.88. The maximum absolute atomic E-state index is 13.6. The van der Waals surface area contributed by atoms with E-state index >= 15 is 0 Å². The Balaban J connectivity index is 1.75. The van der Waals surface area contributed by atoms with E-state index in [0.717, 1.165) is 16.9 Å². The van der Waals surface area contributed by atoms with Crippen molar-refractivity contribution < 1.29 is 9.59 Å². The molecule has 0 radical (unpaired) electrons. The Kier molecular flexibility index (Phi) is 4.71. The molecule has 2 amide bonds. The van der Waals surface area contributed by atoms with Crippen molar-refractivity contribution in [2.75, 3.05) is 11.4 Å². The van der Waals surface area contributed by atoms with Crippen LogP contribution in [-0.4, -0.2) is 18.4 Å². The Morgan fingerprint density at radius 1 is 0.778 bits per heavy atom. The van der Waals surface area contributed by atoms with E-state index in [1.165, 1.54) is 0 Å². The van der Waals surface area contributed by atoms with Gasteiger partial charge in [-0.3, -0.25) is 14.5 Å². The largest absolute Gasteiger partial charge is 0.355 e. The van der Waals surface area contributed by atoms with Crippen molar-refractivity contribution >= 4 is 23.2 Å². The second-order valence-corrected chi connectivity index (χ2v) is 6.58. The van der Waals surface area contributed by atoms with Crippen molar-refractivity contribution in [3.8, 4) is 0 Å². The number of amides is 2. The molecule has 0 aliphatic carbocycles. The predicted molar refractivity (Wildman–Crippen MR) is 106 cm³/mol. The second kappa shape index (κ2) is 7.46. The quantitative estimate of drug-likeness (QED) is 0.721. The maximum Gasteiger partial charge on any atom is 0.244 e. The summed E-state index contributed by atoms with van der Waals surface area (Å²) in [6.45, 7) is 0.469. The smallest absolute Gasteiger partial charge is 0.244 e. The number of para-hydroxylation sites is 2. The average molecular weight is 356 g/mol. The summed E-state index contributed by atoms with van der Waals surface area (Å²) in [4.78, 5) is 27.9. The topological polar surface area (TPSA) is 49.4 Å². The minimum atomic E-state index is -0.757. The molecule has 0 bridgehead atoms. The third-order valence-electron chi connectivity index (χ3n) is 4.92. The molecule has 0 unspecified atom stereocenters. The molecule has 1 heterocycles. The highest BCUT2D eigenvalue weighted by Gasteiger charge is 2.43. The fourth-order valence-corrected chi connectivity index (χ4v) is 3.61. The summed E-state index contributed by atoms with van der Waals surface area (Å²) in [6, 6.07) is 28.7. The molecule has 3 aromatic rings. The van der Waals surface area contributed by atoms with Gasteiger partial charge in [0.05, 0.1) is 0 Å². The van der Waals surface area contributed by atoms with Crippen molar-refractivity contribution in [2.24, 2.45) is 5.92 Å². The Bertz CT molecular complexity index is 887. The molecule has 27 heavy (non-hydrogen) atoms. The van der Waals surface area contributed by atoms with Crippen LogP contribution in [0, 0.1) is 5.92 Å². The van der Waals surface area contributed by atoms with Gasteiger partial charge in [-0.2, -0.15) is 0 Å². The highest BCUT2D eigenvalue weighted by Crippen LogP contribution is 2.34. The number of carbonyl (C=O) groups excluding carboxylic acids is 2. The summed E-state index contributed by atoms with van der Waals surface area (Å²) in [5, 5.41) is 2.87. The number of benzene rings is 3. The van der Waals surface area contributed by atoms with Crippen LogP contribution in [0.25, 0.3) is 0 Å². The van der Waals surface area contributed by atoms with Crippen molar-refractivity contribution in [1.82, 2.24) is 5.32 Å². The van der Waals surface area contributed by atoms with Crippen LogP contribution in [0.2, 0.25) is 0 Å². The molecule has 4 rings (SSSR count). The van der Waals surface area contributed by atoms with Crippen LogP contribution in [-0.2, 0) is 9.59 Å². The highest BCUT2D eigenvalue weighted by molar-refractivity contribution is 6.13. The average Bonchev–Trinajstić information content (AvgIpc) is 3.12. The number of hydrogen-bond acceptors (Lipinski definition) is 2. The van der Waals surface area contributed by atoms with Gasteiger partial charge in [-0.1, -0.05) is 66.7 Å². The normalized spacial score (nSPS) is 18.7. The lowest BCUT2D eigenvalue weighted by atomic mass is 9.87. The second-order valence-electron chi connectivity index (χ2n) is 6.58. The number of nitrogens with one attached hydrogen (secondary N) is 1. The molecular weight excluding hydrogens is 336 g/mol. The molecular formula is C23H20N2O2. The van der Waals surface area contributed by atoms with E-state index in [2.05, 4.69) is 5.32 Å². The lowest BCUT2D eigenvalue weighted by Crippen LogP contribution is -2.38. The number of nitrogens with zero attached hydrogens (tertiary/aromatic N) is 1. The van der Waals surface area contributed by atoms with E-state index in [0.29, 0.717) is 6.54 Å². The molecule has 3 aromatic carbocycles. The molecule has 134 valence electrons. The molecule has 4 nitrogen and oxygen atoms in total. The molecule has 1 fully saturated rings. The molecule has 1 aliphatic heterocycles. The van der Waals surface area contributed by atoms with Crippen LogP contribution < -0.4 is 10.2 Å². The monoisotopic (exact) mass is 356 g/mol. The van der Waals surface area contributed by atoms with Gasteiger partial charge in [-0.05, 0) is 29.8 Å². The molecule has 4 heteroatoms. The minimum absolute atomic E-state index is 0.180. The highest BCUT2D eigenvalue weighted by atomic mass is 16.2. The van der Waals surface area contributed by atoms with Crippen LogP contribution >= 0.6 is 0 Å². The van der Waals surface area contributed by atoms with Crippen molar-refractivity contribution in [2.45, 2.75) is 5.92 Å². The van der Waals surface area contributed by atoms with E-state index in [4.69, 9.17) is 0 Å². The molecule has 0 aromatic heterocycles. The summed E-state index contributed by atoms with van der Waals surface area (Å²) in [7, 11) is 0. The third kappa shape index (κ3) is 3.34. The SMILES string of the molecule is O=C1NC[C@H](c2ccccc2)[C@@H]1C(=O)N(c1ccccc1)c1ccccc1. The number of rotatable bonds is 4. The van der Waals surface area contributed by atoms with E-state index in [9.17, 15) is 9.59 Å². The van der Waals surface area contributed by atoms with Crippen LogP contribution in [0.5, 0.6) is 0 Å². The Morgan fingerprint density at radius 3 is 1.78 bits per heavy atom. The van der Waals surface area contributed by atoms with Gasteiger partial charge < -0.3 is 5.32 Å². The van der Waals surface area contributed by atoms with Gasteiger partial charge in [0.25, 0.3) is 0 Å². The zero-order valence-electron chi connectivity index (χ0n) is 14.8. The third-order valence-corrected chi connectivity index (χ3v) is 4.92. The van der Waals surface area contributed by atoms with E-state index < -0.39 is 5.92 Å². The summed E-state index contributed by atoms with van der Waals surface area (Å²) in [5.41, 5.74) is 2.50. The Morgan fingerprint density at radius 2 is 1.26 bits per heavy atom. The standard InChI is InChI=1S/C23H20N2O2/c26-22-21(20(16-24-22)17-10-4-1-5-11-17)23(27)25(18-12-6-2-7-13-18)19-14-8-3-9-15-19/h1-15,20-21H,16H2,(H,24,26)/t20-,21+/m1/s1. The fourth-order valence-electron chi connectivity index (χ4n) is 3.61. The molecule has 1 N–H and O–H groups in total. The zero-order valence-corrected chi connectivity index (χ0v) is 14.8. The summed E-state index contributed by atoms with van der Waals surface area (Å²) < 4.78 is 0. The Labute approximate surface area is 158 Å². The first kappa shape index (κ1) is 17.0. The molecule has 0 spiro atoms. The first-order valence-electron chi connectivity index (χ1n) is 9.02. The molecule has 2 atom stereocenters. The van der Waals surface area contributed by atoms with Gasteiger partial charge in [0.1, 0.15) is 5.92 Å². The summed E-state index contributed by atoms with van der Waals surface area (Å²) in [6.07, 6.45) is 0. The lowest BCUT2D eigenvalue weighted by molar-refractivity contribution is -0.131. The van der Waals surface area contributed by atoms with Crippen LogP contribution in [0.4, 0.5) is 11.4 Å².